The van der Waals surface area contributed by atoms with Crippen LogP contribution < -0.4 is 5.32 Å². The highest BCUT2D eigenvalue weighted by molar-refractivity contribution is 7.09. The lowest BCUT2D eigenvalue weighted by Gasteiger charge is -2.33. The fourth-order valence-electron chi connectivity index (χ4n) is 4.12. The SMILES string of the molecule is CN=C(NCCCc1nc(C)cs1)N1CCC2(CCCCC2)C1. The van der Waals surface area contributed by atoms with E-state index in [1.54, 1.807) is 11.3 Å². The summed E-state index contributed by atoms with van der Waals surface area (Å²) in [6.45, 7) is 5.42. The van der Waals surface area contributed by atoms with Crippen LogP contribution >= 0.6 is 11.3 Å². The first-order valence-electron chi connectivity index (χ1n) is 9.07. The van der Waals surface area contributed by atoms with Crippen molar-refractivity contribution in [1.82, 2.24) is 15.2 Å². The van der Waals surface area contributed by atoms with Crippen LogP contribution in [0.5, 0.6) is 0 Å². The average molecular weight is 335 g/mol. The maximum Gasteiger partial charge on any atom is 0.193 e. The maximum absolute atomic E-state index is 4.53. The van der Waals surface area contributed by atoms with Crippen molar-refractivity contribution >= 4 is 17.3 Å². The van der Waals surface area contributed by atoms with Gasteiger partial charge in [0, 0.05) is 44.2 Å². The minimum Gasteiger partial charge on any atom is -0.356 e. The molecule has 1 saturated heterocycles. The van der Waals surface area contributed by atoms with E-state index in [1.807, 2.05) is 7.05 Å². The van der Waals surface area contributed by atoms with Crippen LogP contribution in [0.3, 0.4) is 0 Å². The molecule has 0 unspecified atom stereocenters. The summed E-state index contributed by atoms with van der Waals surface area (Å²) in [6.07, 6.45) is 10.7. The molecule has 0 amide bonds. The molecule has 2 fully saturated rings. The van der Waals surface area contributed by atoms with Crippen molar-refractivity contribution in [2.45, 2.75) is 58.3 Å². The van der Waals surface area contributed by atoms with Gasteiger partial charge in [-0.05, 0) is 38.0 Å². The van der Waals surface area contributed by atoms with Crippen LogP contribution in [0.25, 0.3) is 0 Å². The number of nitrogens with one attached hydrogen (secondary N) is 1. The number of nitrogens with zero attached hydrogens (tertiary/aromatic N) is 3. The quantitative estimate of drug-likeness (QED) is 0.519. The normalized spacial score (nSPS) is 21.1. The molecule has 23 heavy (non-hydrogen) atoms. The molecule has 1 aromatic heterocycles. The molecule has 0 radical (unpaired) electrons. The fraction of sp³-hybridized carbons (Fsp3) is 0.778. The predicted molar refractivity (Wildman–Crippen MR) is 98.2 cm³/mol. The Bertz CT molecular complexity index is 531. The molecule has 1 N–H and O–H groups in total. The van der Waals surface area contributed by atoms with E-state index in [9.17, 15) is 0 Å². The third-order valence-electron chi connectivity index (χ3n) is 5.38. The molecule has 1 aromatic rings. The van der Waals surface area contributed by atoms with E-state index in [0.717, 1.165) is 31.0 Å². The molecule has 1 aliphatic carbocycles. The van der Waals surface area contributed by atoms with E-state index in [4.69, 9.17) is 0 Å². The number of hydrogen-bond donors (Lipinski definition) is 1. The maximum atomic E-state index is 4.53. The average Bonchev–Trinajstić information content (AvgIpc) is 3.15. The van der Waals surface area contributed by atoms with Gasteiger partial charge in [0.2, 0.25) is 0 Å². The summed E-state index contributed by atoms with van der Waals surface area (Å²) in [4.78, 5) is 11.5. The number of aryl methyl sites for hydroxylation is 2. The van der Waals surface area contributed by atoms with Crippen molar-refractivity contribution in [3.8, 4) is 0 Å². The van der Waals surface area contributed by atoms with Crippen molar-refractivity contribution in [3.05, 3.63) is 16.1 Å². The Labute approximate surface area is 144 Å². The summed E-state index contributed by atoms with van der Waals surface area (Å²) >= 11 is 1.77. The molecule has 0 atom stereocenters. The first-order valence-corrected chi connectivity index (χ1v) is 9.95. The number of guanidine groups is 1. The minimum absolute atomic E-state index is 0.592. The molecule has 1 spiro atoms. The number of rotatable bonds is 4. The van der Waals surface area contributed by atoms with Gasteiger partial charge < -0.3 is 10.2 Å². The summed E-state index contributed by atoms with van der Waals surface area (Å²) in [7, 11) is 1.92. The van der Waals surface area contributed by atoms with Gasteiger partial charge in [0.05, 0.1) is 5.01 Å². The molecule has 3 rings (SSSR count). The Hall–Kier alpha value is -1.10. The number of hydrogen-bond acceptors (Lipinski definition) is 3. The lowest BCUT2D eigenvalue weighted by molar-refractivity contribution is 0.203. The van der Waals surface area contributed by atoms with Gasteiger partial charge in [-0.3, -0.25) is 4.99 Å². The third-order valence-corrected chi connectivity index (χ3v) is 6.41. The first-order chi connectivity index (χ1) is 11.2. The van der Waals surface area contributed by atoms with Crippen molar-refractivity contribution in [1.29, 1.82) is 0 Å². The van der Waals surface area contributed by atoms with E-state index in [-0.39, 0.29) is 0 Å². The van der Waals surface area contributed by atoms with E-state index < -0.39 is 0 Å². The second kappa shape index (κ2) is 7.65. The Morgan fingerprint density at radius 2 is 2.17 bits per heavy atom. The van der Waals surface area contributed by atoms with Crippen LogP contribution in [0.1, 0.15) is 55.6 Å². The number of aromatic nitrogens is 1. The largest absolute Gasteiger partial charge is 0.356 e. The highest BCUT2D eigenvalue weighted by atomic mass is 32.1. The van der Waals surface area contributed by atoms with E-state index >= 15 is 0 Å². The topological polar surface area (TPSA) is 40.5 Å². The monoisotopic (exact) mass is 334 g/mol. The first kappa shape index (κ1) is 16.7. The van der Waals surface area contributed by atoms with Crippen molar-refractivity contribution < 1.29 is 0 Å². The molecular formula is C18H30N4S. The second-order valence-electron chi connectivity index (χ2n) is 7.19. The van der Waals surface area contributed by atoms with Crippen LogP contribution in [-0.4, -0.2) is 42.5 Å². The van der Waals surface area contributed by atoms with Crippen LogP contribution in [0, 0.1) is 12.3 Å². The Balaban J connectivity index is 1.43. The molecule has 128 valence electrons. The van der Waals surface area contributed by atoms with Crippen LogP contribution in [0.2, 0.25) is 0 Å². The Morgan fingerprint density at radius 1 is 1.35 bits per heavy atom. The highest BCUT2D eigenvalue weighted by Crippen LogP contribution is 2.43. The zero-order valence-electron chi connectivity index (χ0n) is 14.6. The summed E-state index contributed by atoms with van der Waals surface area (Å²) in [5.41, 5.74) is 1.73. The molecule has 0 bridgehead atoms. The van der Waals surface area contributed by atoms with Gasteiger partial charge in [0.15, 0.2) is 5.96 Å². The lowest BCUT2D eigenvalue weighted by atomic mass is 9.73. The number of aliphatic imine (C=N–C) groups is 1. The van der Waals surface area contributed by atoms with Crippen LogP contribution in [0.15, 0.2) is 10.4 Å². The molecule has 5 heteroatoms. The summed E-state index contributed by atoms with van der Waals surface area (Å²) < 4.78 is 0. The van der Waals surface area contributed by atoms with Gasteiger partial charge in [-0.15, -0.1) is 11.3 Å². The van der Waals surface area contributed by atoms with Crippen LogP contribution in [-0.2, 0) is 6.42 Å². The minimum atomic E-state index is 0.592. The molecule has 2 heterocycles. The number of likely N-dealkylation sites (tertiary alicyclic amines) is 1. The Morgan fingerprint density at radius 3 is 2.87 bits per heavy atom. The predicted octanol–water partition coefficient (Wildman–Crippen LogP) is 3.62. The highest BCUT2D eigenvalue weighted by Gasteiger charge is 2.39. The second-order valence-corrected chi connectivity index (χ2v) is 8.14. The fourth-order valence-corrected chi connectivity index (χ4v) is 4.93. The van der Waals surface area contributed by atoms with Gasteiger partial charge in [-0.1, -0.05) is 19.3 Å². The molecule has 1 aliphatic heterocycles. The van der Waals surface area contributed by atoms with Gasteiger partial charge >= 0.3 is 0 Å². The van der Waals surface area contributed by atoms with Crippen molar-refractivity contribution in [2.24, 2.45) is 10.4 Å². The summed E-state index contributed by atoms with van der Waals surface area (Å²) in [5, 5.41) is 6.95. The van der Waals surface area contributed by atoms with Gasteiger partial charge in [-0.25, -0.2) is 4.98 Å². The van der Waals surface area contributed by atoms with Gasteiger partial charge in [-0.2, -0.15) is 0 Å². The molecular weight excluding hydrogens is 304 g/mol. The standard InChI is InChI=1S/C18H30N4S/c1-15-13-23-16(21-15)7-6-11-20-17(19-2)22-12-10-18(14-22)8-4-3-5-9-18/h13H,3-12,14H2,1-2H3,(H,19,20). The molecule has 0 aromatic carbocycles. The number of thiazole rings is 1. The lowest BCUT2D eigenvalue weighted by Crippen LogP contribution is -2.42. The zero-order valence-corrected chi connectivity index (χ0v) is 15.4. The van der Waals surface area contributed by atoms with Gasteiger partial charge in [0.1, 0.15) is 0 Å². The zero-order chi connectivity index (χ0) is 16.1. The van der Waals surface area contributed by atoms with E-state index in [1.165, 1.54) is 56.6 Å². The summed E-state index contributed by atoms with van der Waals surface area (Å²) in [5.74, 6) is 1.10. The van der Waals surface area contributed by atoms with E-state index in [2.05, 4.69) is 32.5 Å². The third kappa shape index (κ3) is 4.25. The molecule has 2 aliphatic rings. The molecule has 1 saturated carbocycles. The Kier molecular flexibility index (Phi) is 5.57. The van der Waals surface area contributed by atoms with Crippen LogP contribution in [0.4, 0.5) is 0 Å². The molecule has 4 nitrogen and oxygen atoms in total. The van der Waals surface area contributed by atoms with Gasteiger partial charge in [0.25, 0.3) is 0 Å². The summed E-state index contributed by atoms with van der Waals surface area (Å²) in [6, 6.07) is 0. The smallest absolute Gasteiger partial charge is 0.193 e. The van der Waals surface area contributed by atoms with Crippen molar-refractivity contribution in [3.63, 3.8) is 0 Å². The van der Waals surface area contributed by atoms with E-state index in [0.29, 0.717) is 5.41 Å². The van der Waals surface area contributed by atoms with Crippen molar-refractivity contribution in [2.75, 3.05) is 26.7 Å².